The van der Waals surface area contributed by atoms with E-state index < -0.39 is 0 Å². The van der Waals surface area contributed by atoms with Gasteiger partial charge in [-0.15, -0.1) is 0 Å². The molecule has 0 heterocycles. The normalized spacial score (nSPS) is 10.6. The molecule has 4 N–H and O–H groups in total. The van der Waals surface area contributed by atoms with Gasteiger partial charge < -0.3 is 25.7 Å². The molecular weight excluding hydrogens is 290 g/mol. The summed E-state index contributed by atoms with van der Waals surface area (Å²) in [4.78, 5) is 3.95. The van der Waals surface area contributed by atoms with Gasteiger partial charge in [0.25, 0.3) is 0 Å². The van der Waals surface area contributed by atoms with E-state index >= 15 is 0 Å². The summed E-state index contributed by atoms with van der Waals surface area (Å²) in [5.41, 5.74) is 11.0. The maximum Gasteiger partial charge on any atom is 0.0631 e. The van der Waals surface area contributed by atoms with Crippen molar-refractivity contribution in [3.63, 3.8) is 0 Å². The molecule has 0 fully saturated rings. The fourth-order valence-electron chi connectivity index (χ4n) is 2.61. The molecule has 0 bridgehead atoms. The smallest absolute Gasteiger partial charge is 0.0631 e. The summed E-state index contributed by atoms with van der Waals surface area (Å²) >= 11 is 0. The Morgan fingerprint density at radius 1 is 0.913 bits per heavy atom. The van der Waals surface area contributed by atoms with Gasteiger partial charge in [0.2, 0.25) is 0 Å². The molecule has 124 valence electrons. The largest absolute Gasteiger partial charge is 0.397 e. The lowest BCUT2D eigenvalue weighted by Gasteiger charge is -2.25. The van der Waals surface area contributed by atoms with E-state index in [4.69, 9.17) is 5.73 Å². The summed E-state index contributed by atoms with van der Waals surface area (Å²) in [5, 5.41) is 18.4. The Hall–Kier alpha value is -2.24. The van der Waals surface area contributed by atoms with Crippen LogP contribution in [0, 0.1) is 0 Å². The van der Waals surface area contributed by atoms with Gasteiger partial charge in [0.05, 0.1) is 24.6 Å². The average Bonchev–Trinajstić information content (AvgIpc) is 2.55. The van der Waals surface area contributed by atoms with Crippen molar-refractivity contribution >= 4 is 17.1 Å². The van der Waals surface area contributed by atoms with E-state index in [-0.39, 0.29) is 13.2 Å². The van der Waals surface area contributed by atoms with Gasteiger partial charge in [0.15, 0.2) is 0 Å². The number of aliphatic hydroxyl groups is 2. The number of anilines is 3. The number of nitrogens with two attached hydrogens (primary N) is 1. The number of hydrogen-bond donors (Lipinski definition) is 3. The van der Waals surface area contributed by atoms with Crippen LogP contribution >= 0.6 is 0 Å². The monoisotopic (exact) mass is 315 g/mol. The van der Waals surface area contributed by atoms with Crippen molar-refractivity contribution in [2.45, 2.75) is 0 Å². The van der Waals surface area contributed by atoms with Crippen molar-refractivity contribution in [2.75, 3.05) is 55.9 Å². The third-order valence-electron chi connectivity index (χ3n) is 3.86. The molecule has 0 radical (unpaired) electrons. The lowest BCUT2D eigenvalue weighted by Crippen LogP contribution is -2.30. The van der Waals surface area contributed by atoms with Crippen molar-refractivity contribution in [3.8, 4) is 11.1 Å². The Bertz CT molecular complexity index is 621. The first-order valence-electron chi connectivity index (χ1n) is 7.71. The van der Waals surface area contributed by atoms with E-state index in [9.17, 15) is 10.2 Å². The zero-order chi connectivity index (χ0) is 16.8. The summed E-state index contributed by atoms with van der Waals surface area (Å²) in [6.07, 6.45) is 0. The second-order valence-corrected chi connectivity index (χ2v) is 5.61. The molecule has 0 saturated heterocycles. The fourth-order valence-corrected chi connectivity index (χ4v) is 2.61. The second kappa shape index (κ2) is 7.85. The van der Waals surface area contributed by atoms with Crippen LogP contribution in [0.1, 0.15) is 0 Å². The molecule has 0 unspecified atom stereocenters. The molecule has 0 aliphatic heterocycles. The van der Waals surface area contributed by atoms with Crippen molar-refractivity contribution in [1.29, 1.82) is 0 Å². The molecule has 5 heteroatoms. The number of para-hydroxylation sites is 1. The predicted octanol–water partition coefficient (Wildman–Crippen LogP) is 1.79. The van der Waals surface area contributed by atoms with Gasteiger partial charge in [-0.1, -0.05) is 24.3 Å². The molecule has 0 atom stereocenters. The second-order valence-electron chi connectivity index (χ2n) is 5.61. The van der Waals surface area contributed by atoms with Crippen molar-refractivity contribution in [3.05, 3.63) is 42.5 Å². The van der Waals surface area contributed by atoms with E-state index in [0.29, 0.717) is 18.8 Å². The lowest BCUT2D eigenvalue weighted by molar-refractivity contribution is 0.281. The zero-order valence-electron chi connectivity index (χ0n) is 13.7. The van der Waals surface area contributed by atoms with E-state index in [1.807, 2.05) is 54.2 Å². The SMILES string of the molecule is CN(C)c1ccc(-c2cccc(N(CCO)CCO)c2N)cc1. The van der Waals surface area contributed by atoms with Gasteiger partial charge in [0, 0.05) is 38.4 Å². The number of aliphatic hydroxyl groups excluding tert-OH is 2. The molecule has 0 amide bonds. The topological polar surface area (TPSA) is 73.0 Å². The molecule has 2 aromatic rings. The van der Waals surface area contributed by atoms with Crippen molar-refractivity contribution < 1.29 is 10.2 Å². The Labute approximate surface area is 137 Å². The Kier molecular flexibility index (Phi) is 5.84. The van der Waals surface area contributed by atoms with E-state index in [1.165, 1.54) is 0 Å². The molecule has 2 rings (SSSR count). The van der Waals surface area contributed by atoms with Crippen LogP contribution in [0.4, 0.5) is 17.1 Å². The minimum absolute atomic E-state index is 0.0151. The zero-order valence-corrected chi connectivity index (χ0v) is 13.7. The first-order valence-corrected chi connectivity index (χ1v) is 7.71. The number of benzene rings is 2. The molecule has 0 aliphatic carbocycles. The van der Waals surface area contributed by atoms with Gasteiger partial charge in [0.1, 0.15) is 0 Å². The highest BCUT2D eigenvalue weighted by molar-refractivity contribution is 5.86. The maximum atomic E-state index is 9.22. The number of rotatable bonds is 7. The highest BCUT2D eigenvalue weighted by atomic mass is 16.3. The van der Waals surface area contributed by atoms with Crippen molar-refractivity contribution in [2.24, 2.45) is 0 Å². The summed E-state index contributed by atoms with van der Waals surface area (Å²) in [7, 11) is 4.01. The first-order chi connectivity index (χ1) is 11.1. The van der Waals surface area contributed by atoms with Crippen LogP contribution in [-0.4, -0.2) is 50.6 Å². The van der Waals surface area contributed by atoms with Crippen LogP contribution in [0.2, 0.25) is 0 Å². The van der Waals surface area contributed by atoms with Crippen molar-refractivity contribution in [1.82, 2.24) is 0 Å². The van der Waals surface area contributed by atoms with E-state index in [2.05, 4.69) is 12.1 Å². The number of nitrogens with zero attached hydrogens (tertiary/aromatic N) is 2. The van der Waals surface area contributed by atoms with Crippen LogP contribution < -0.4 is 15.5 Å². The van der Waals surface area contributed by atoms with Crippen LogP contribution in [0.3, 0.4) is 0 Å². The minimum atomic E-state index is 0.0151. The summed E-state index contributed by atoms with van der Waals surface area (Å²) in [5.74, 6) is 0. The number of nitrogen functional groups attached to an aromatic ring is 1. The van der Waals surface area contributed by atoms with Crippen LogP contribution in [-0.2, 0) is 0 Å². The first kappa shape index (κ1) is 17.1. The third-order valence-corrected chi connectivity index (χ3v) is 3.86. The lowest BCUT2D eigenvalue weighted by atomic mass is 10.0. The molecule has 0 spiro atoms. The molecular formula is C18H25N3O2. The van der Waals surface area contributed by atoms with Gasteiger partial charge >= 0.3 is 0 Å². The fraction of sp³-hybridized carbons (Fsp3) is 0.333. The molecule has 0 saturated carbocycles. The van der Waals surface area contributed by atoms with Crippen LogP contribution in [0.15, 0.2) is 42.5 Å². The van der Waals surface area contributed by atoms with Crippen LogP contribution in [0.5, 0.6) is 0 Å². The summed E-state index contributed by atoms with van der Waals surface area (Å²) in [6.45, 7) is 0.907. The molecule has 5 nitrogen and oxygen atoms in total. The van der Waals surface area contributed by atoms with Gasteiger partial charge in [-0.3, -0.25) is 0 Å². The number of hydrogen-bond acceptors (Lipinski definition) is 5. The van der Waals surface area contributed by atoms with Crippen LogP contribution in [0.25, 0.3) is 11.1 Å². The Morgan fingerprint density at radius 3 is 2.04 bits per heavy atom. The Morgan fingerprint density at radius 2 is 1.52 bits per heavy atom. The minimum Gasteiger partial charge on any atom is -0.397 e. The summed E-state index contributed by atoms with van der Waals surface area (Å²) < 4.78 is 0. The molecule has 2 aromatic carbocycles. The highest BCUT2D eigenvalue weighted by Gasteiger charge is 2.13. The van der Waals surface area contributed by atoms with E-state index in [1.54, 1.807) is 0 Å². The molecule has 0 aromatic heterocycles. The highest BCUT2D eigenvalue weighted by Crippen LogP contribution is 2.34. The maximum absolute atomic E-state index is 9.22. The van der Waals surface area contributed by atoms with Gasteiger partial charge in [-0.05, 0) is 23.8 Å². The van der Waals surface area contributed by atoms with E-state index in [0.717, 1.165) is 22.5 Å². The third kappa shape index (κ3) is 3.94. The van der Waals surface area contributed by atoms with Gasteiger partial charge in [-0.25, -0.2) is 0 Å². The molecule has 23 heavy (non-hydrogen) atoms. The Balaban J connectivity index is 2.38. The molecule has 0 aliphatic rings. The predicted molar refractivity (Wildman–Crippen MR) is 97.0 cm³/mol. The standard InChI is InChI=1S/C18H25N3O2/c1-20(2)15-8-6-14(7-9-15)16-4-3-5-17(18(16)19)21(10-12-22)11-13-23/h3-9,22-23H,10-13,19H2,1-2H3. The summed E-state index contributed by atoms with van der Waals surface area (Å²) in [6, 6.07) is 14.1. The quantitative estimate of drug-likeness (QED) is 0.680. The van der Waals surface area contributed by atoms with Gasteiger partial charge in [-0.2, -0.15) is 0 Å². The average molecular weight is 315 g/mol.